The molecular weight excluding hydrogens is 394 g/mol. The second-order valence-electron chi connectivity index (χ2n) is 6.82. The maximum atomic E-state index is 12.7. The van der Waals surface area contributed by atoms with Crippen LogP contribution in [-0.2, 0) is 0 Å². The Kier molecular flexibility index (Phi) is 7.58. The quantitative estimate of drug-likeness (QED) is 0.677. The minimum atomic E-state index is -0.0769. The molecule has 2 aromatic rings. The molecule has 1 aromatic carbocycles. The van der Waals surface area contributed by atoms with E-state index in [2.05, 4.69) is 15.7 Å². The number of aryl methyl sites for hydroxylation is 1. The summed E-state index contributed by atoms with van der Waals surface area (Å²) in [6.45, 7) is 2.81. The van der Waals surface area contributed by atoms with Crippen molar-refractivity contribution in [3.05, 3.63) is 34.8 Å². The fourth-order valence-electron chi connectivity index (χ4n) is 3.22. The van der Waals surface area contributed by atoms with Gasteiger partial charge in [0.25, 0.3) is 5.91 Å². The van der Waals surface area contributed by atoms with E-state index in [-0.39, 0.29) is 11.9 Å². The van der Waals surface area contributed by atoms with Gasteiger partial charge in [0.05, 0.1) is 7.11 Å². The normalized spacial score (nSPS) is 19.2. The lowest BCUT2D eigenvalue weighted by molar-refractivity contribution is 0.0927. The minimum Gasteiger partial charge on any atom is -0.493 e. The molecule has 0 bridgehead atoms. The highest BCUT2D eigenvalue weighted by molar-refractivity contribution is 8.01. The number of amides is 1. The van der Waals surface area contributed by atoms with Crippen LogP contribution >= 0.6 is 23.1 Å². The third kappa shape index (κ3) is 5.62. The summed E-state index contributed by atoms with van der Waals surface area (Å²) in [4.78, 5) is 17.2. The van der Waals surface area contributed by atoms with Gasteiger partial charge in [0.15, 0.2) is 11.5 Å². The molecule has 1 aliphatic rings. The molecule has 0 unspecified atom stereocenters. The molecule has 0 radical (unpaired) electrons. The number of hydrogen-bond donors (Lipinski definition) is 2. The molecule has 3 N–H and O–H groups in total. The average molecular weight is 422 g/mol. The smallest absolute Gasteiger partial charge is 0.251 e. The number of rotatable bonds is 8. The van der Waals surface area contributed by atoms with Crippen LogP contribution in [0.3, 0.4) is 0 Å². The summed E-state index contributed by atoms with van der Waals surface area (Å²) in [6, 6.07) is 5.44. The van der Waals surface area contributed by atoms with E-state index in [9.17, 15) is 4.79 Å². The predicted octanol–water partition coefficient (Wildman–Crippen LogP) is 3.63. The van der Waals surface area contributed by atoms with Gasteiger partial charge in [-0.15, -0.1) is 11.3 Å². The highest BCUT2D eigenvalue weighted by atomic mass is 32.2. The fraction of sp³-hybridized carbons (Fsp3) is 0.500. The summed E-state index contributed by atoms with van der Waals surface area (Å²) in [7, 11) is 1.58. The number of hydrogen-bond acceptors (Lipinski definition) is 7. The van der Waals surface area contributed by atoms with Gasteiger partial charge in [0, 0.05) is 34.5 Å². The first-order valence-electron chi connectivity index (χ1n) is 9.49. The van der Waals surface area contributed by atoms with Crippen molar-refractivity contribution in [1.29, 1.82) is 0 Å². The number of carbonyl (C=O) groups is 1. The molecule has 1 aliphatic carbocycles. The minimum absolute atomic E-state index is 0.0769. The van der Waals surface area contributed by atoms with Crippen LogP contribution in [0, 0.1) is 6.92 Å². The molecule has 0 spiro atoms. The molecule has 1 amide bonds. The van der Waals surface area contributed by atoms with Crippen LogP contribution in [0.5, 0.6) is 11.5 Å². The van der Waals surface area contributed by atoms with Crippen LogP contribution in [0.15, 0.2) is 27.9 Å². The number of nitrogens with one attached hydrogen (secondary N) is 1. The Bertz CT molecular complexity index is 789. The Labute approximate surface area is 174 Å². The molecule has 152 valence electrons. The lowest BCUT2D eigenvalue weighted by Crippen LogP contribution is -2.38. The Hall–Kier alpha value is -1.77. The van der Waals surface area contributed by atoms with E-state index in [1.165, 1.54) is 0 Å². The molecule has 1 saturated carbocycles. The number of aromatic nitrogens is 1. The molecule has 0 atom stereocenters. The summed E-state index contributed by atoms with van der Waals surface area (Å²) in [5, 5.41) is 5.83. The molecule has 3 rings (SSSR count). The zero-order valence-electron chi connectivity index (χ0n) is 16.3. The Morgan fingerprint density at radius 3 is 2.75 bits per heavy atom. The van der Waals surface area contributed by atoms with Crippen LogP contribution in [0.1, 0.15) is 41.7 Å². The lowest BCUT2D eigenvalue weighted by atomic mass is 9.94. The van der Waals surface area contributed by atoms with Gasteiger partial charge in [-0.3, -0.25) is 4.79 Å². The van der Waals surface area contributed by atoms with Gasteiger partial charge in [-0.1, -0.05) is 11.8 Å². The van der Waals surface area contributed by atoms with Gasteiger partial charge in [0.1, 0.15) is 10.9 Å². The van der Waals surface area contributed by atoms with E-state index in [0.717, 1.165) is 35.7 Å². The van der Waals surface area contributed by atoms with Crippen LogP contribution < -0.4 is 20.5 Å². The van der Waals surface area contributed by atoms with Crippen LogP contribution in [0.25, 0.3) is 0 Å². The molecule has 0 aliphatic heterocycles. The molecule has 1 aromatic heterocycles. The Morgan fingerprint density at radius 1 is 1.32 bits per heavy atom. The summed E-state index contributed by atoms with van der Waals surface area (Å²) in [5.74, 6) is 1.06. The molecular formula is C20H27N3O3S2. The van der Waals surface area contributed by atoms with Crippen molar-refractivity contribution in [2.45, 2.75) is 48.2 Å². The molecule has 6 nitrogen and oxygen atoms in total. The standard InChI is InChI=1S/C20H27N3O3S2/c1-13-12-27-20(22-13)28-16-6-4-15(5-7-16)23-19(24)14-3-8-17(25-2)18(11-14)26-10-9-21/h3,8,11-12,15-16H,4-7,9-10,21H2,1-2H3,(H,23,24). The van der Waals surface area contributed by atoms with Crippen molar-refractivity contribution in [3.8, 4) is 11.5 Å². The maximum absolute atomic E-state index is 12.7. The number of nitrogens with two attached hydrogens (primary N) is 1. The highest BCUT2D eigenvalue weighted by Gasteiger charge is 2.24. The van der Waals surface area contributed by atoms with Crippen molar-refractivity contribution < 1.29 is 14.3 Å². The van der Waals surface area contributed by atoms with E-state index in [0.29, 0.717) is 35.5 Å². The van der Waals surface area contributed by atoms with E-state index in [4.69, 9.17) is 15.2 Å². The van der Waals surface area contributed by atoms with Gasteiger partial charge < -0.3 is 20.5 Å². The van der Waals surface area contributed by atoms with Gasteiger partial charge in [0.2, 0.25) is 0 Å². The third-order valence-electron chi connectivity index (χ3n) is 4.68. The van der Waals surface area contributed by atoms with Crippen molar-refractivity contribution in [3.63, 3.8) is 0 Å². The molecule has 0 saturated heterocycles. The highest BCUT2D eigenvalue weighted by Crippen LogP contribution is 2.35. The second kappa shape index (κ2) is 10.1. The van der Waals surface area contributed by atoms with Crippen LogP contribution in [0.2, 0.25) is 0 Å². The van der Waals surface area contributed by atoms with Crippen molar-refractivity contribution in [2.75, 3.05) is 20.3 Å². The zero-order valence-corrected chi connectivity index (χ0v) is 17.9. The van der Waals surface area contributed by atoms with Crippen molar-refractivity contribution in [2.24, 2.45) is 5.73 Å². The summed E-state index contributed by atoms with van der Waals surface area (Å²) >= 11 is 3.58. The number of thioether (sulfide) groups is 1. The Balaban J connectivity index is 1.52. The van der Waals surface area contributed by atoms with Crippen molar-refractivity contribution in [1.82, 2.24) is 10.3 Å². The monoisotopic (exact) mass is 421 g/mol. The van der Waals surface area contributed by atoms with E-state index in [1.807, 2.05) is 18.7 Å². The summed E-state index contributed by atoms with van der Waals surface area (Å²) in [6.07, 6.45) is 4.14. The first-order valence-corrected chi connectivity index (χ1v) is 11.3. The van der Waals surface area contributed by atoms with E-state index < -0.39 is 0 Å². The Morgan fingerprint density at radius 2 is 2.11 bits per heavy atom. The second-order valence-corrected chi connectivity index (χ2v) is 9.23. The topological polar surface area (TPSA) is 86.5 Å². The number of benzene rings is 1. The number of carbonyl (C=O) groups excluding carboxylic acids is 1. The number of thiazole rings is 1. The lowest BCUT2D eigenvalue weighted by Gasteiger charge is -2.28. The zero-order chi connectivity index (χ0) is 19.9. The molecule has 8 heteroatoms. The first-order chi connectivity index (χ1) is 13.6. The van der Waals surface area contributed by atoms with Crippen LogP contribution in [-0.4, -0.2) is 42.4 Å². The number of methoxy groups -OCH3 is 1. The maximum Gasteiger partial charge on any atom is 0.251 e. The van der Waals surface area contributed by atoms with Gasteiger partial charge in [-0.2, -0.15) is 0 Å². The molecule has 28 heavy (non-hydrogen) atoms. The summed E-state index contributed by atoms with van der Waals surface area (Å²) < 4.78 is 12.0. The van der Waals surface area contributed by atoms with Crippen LogP contribution in [0.4, 0.5) is 0 Å². The van der Waals surface area contributed by atoms with Gasteiger partial charge >= 0.3 is 0 Å². The summed E-state index contributed by atoms with van der Waals surface area (Å²) in [5.41, 5.74) is 7.16. The van der Waals surface area contributed by atoms with E-state index in [1.54, 1.807) is 36.6 Å². The first kappa shape index (κ1) is 21.0. The number of nitrogens with zero attached hydrogens (tertiary/aromatic N) is 1. The third-order valence-corrected chi connectivity index (χ3v) is 7.10. The SMILES string of the molecule is COc1ccc(C(=O)NC2CCC(Sc3nc(C)cs3)CC2)cc1OCCN. The molecule has 1 heterocycles. The van der Waals surface area contributed by atoms with Gasteiger partial charge in [-0.25, -0.2) is 4.98 Å². The number of ether oxygens (including phenoxy) is 2. The van der Waals surface area contributed by atoms with Gasteiger partial charge in [-0.05, 0) is 50.8 Å². The largest absolute Gasteiger partial charge is 0.493 e. The fourth-order valence-corrected chi connectivity index (χ4v) is 5.51. The average Bonchev–Trinajstić information content (AvgIpc) is 3.12. The van der Waals surface area contributed by atoms with E-state index >= 15 is 0 Å². The predicted molar refractivity (Wildman–Crippen MR) is 114 cm³/mol. The molecule has 1 fully saturated rings. The van der Waals surface area contributed by atoms with Crippen molar-refractivity contribution >= 4 is 29.0 Å².